The van der Waals surface area contributed by atoms with Crippen molar-refractivity contribution in [2.45, 2.75) is 19.4 Å². The number of hydrogen-bond donors (Lipinski definition) is 3. The monoisotopic (exact) mass is 249 g/mol. The SMILES string of the molecule is CNC(=O)c1cccc(CNC(=O)CCCN)c1. The molecule has 0 unspecified atom stereocenters. The van der Waals surface area contributed by atoms with Gasteiger partial charge < -0.3 is 16.4 Å². The standard InChI is InChI=1S/C13H19N3O2/c1-15-13(18)11-5-2-4-10(8-11)9-16-12(17)6-3-7-14/h2,4-5,8H,3,6-7,9,14H2,1H3,(H,15,18)(H,16,17). The predicted molar refractivity (Wildman–Crippen MR) is 70.0 cm³/mol. The molecular weight excluding hydrogens is 230 g/mol. The maximum absolute atomic E-state index is 11.4. The third-order valence-corrected chi connectivity index (χ3v) is 2.51. The maximum Gasteiger partial charge on any atom is 0.251 e. The summed E-state index contributed by atoms with van der Waals surface area (Å²) in [5.74, 6) is -0.155. The summed E-state index contributed by atoms with van der Waals surface area (Å²) in [6, 6.07) is 7.17. The van der Waals surface area contributed by atoms with Crippen LogP contribution in [0, 0.1) is 0 Å². The Morgan fingerprint density at radius 2 is 2.11 bits per heavy atom. The van der Waals surface area contributed by atoms with Crippen molar-refractivity contribution in [3.8, 4) is 0 Å². The van der Waals surface area contributed by atoms with Crippen LogP contribution in [0.2, 0.25) is 0 Å². The minimum atomic E-state index is -0.133. The van der Waals surface area contributed by atoms with Crippen LogP contribution in [0.1, 0.15) is 28.8 Å². The highest BCUT2D eigenvalue weighted by atomic mass is 16.2. The first-order valence-electron chi connectivity index (χ1n) is 5.95. The Labute approximate surface area is 107 Å². The molecule has 1 aromatic rings. The lowest BCUT2D eigenvalue weighted by molar-refractivity contribution is -0.121. The summed E-state index contributed by atoms with van der Waals surface area (Å²) in [4.78, 5) is 22.8. The molecule has 18 heavy (non-hydrogen) atoms. The van der Waals surface area contributed by atoms with Crippen molar-refractivity contribution in [3.63, 3.8) is 0 Å². The highest BCUT2D eigenvalue weighted by Gasteiger charge is 2.04. The van der Waals surface area contributed by atoms with Crippen molar-refractivity contribution in [3.05, 3.63) is 35.4 Å². The molecule has 1 aromatic carbocycles. The molecule has 98 valence electrons. The molecule has 0 aliphatic heterocycles. The smallest absolute Gasteiger partial charge is 0.251 e. The van der Waals surface area contributed by atoms with Crippen molar-refractivity contribution in [1.82, 2.24) is 10.6 Å². The fourth-order valence-corrected chi connectivity index (χ4v) is 1.52. The first-order valence-corrected chi connectivity index (χ1v) is 5.95. The van der Waals surface area contributed by atoms with E-state index in [2.05, 4.69) is 10.6 Å². The Morgan fingerprint density at radius 1 is 1.33 bits per heavy atom. The molecule has 0 radical (unpaired) electrons. The van der Waals surface area contributed by atoms with Gasteiger partial charge in [0.2, 0.25) is 5.91 Å². The van der Waals surface area contributed by atoms with Gasteiger partial charge in [-0.05, 0) is 30.7 Å². The first-order chi connectivity index (χ1) is 8.67. The molecule has 0 aromatic heterocycles. The van der Waals surface area contributed by atoms with E-state index in [9.17, 15) is 9.59 Å². The Morgan fingerprint density at radius 3 is 2.78 bits per heavy atom. The molecule has 0 fully saturated rings. The Kier molecular flexibility index (Phi) is 5.87. The zero-order chi connectivity index (χ0) is 13.4. The van der Waals surface area contributed by atoms with E-state index in [-0.39, 0.29) is 11.8 Å². The Hall–Kier alpha value is -1.88. The number of carbonyl (C=O) groups excluding carboxylic acids is 2. The van der Waals surface area contributed by atoms with Gasteiger partial charge in [-0.3, -0.25) is 9.59 Å². The minimum Gasteiger partial charge on any atom is -0.355 e. The van der Waals surface area contributed by atoms with Gasteiger partial charge in [-0.15, -0.1) is 0 Å². The number of nitrogens with two attached hydrogens (primary N) is 1. The second-order valence-electron chi connectivity index (χ2n) is 3.95. The lowest BCUT2D eigenvalue weighted by Gasteiger charge is -2.06. The molecule has 0 saturated carbocycles. The van der Waals surface area contributed by atoms with Gasteiger partial charge in [0.1, 0.15) is 0 Å². The van der Waals surface area contributed by atoms with Crippen LogP contribution >= 0.6 is 0 Å². The van der Waals surface area contributed by atoms with Crippen LogP contribution in [-0.4, -0.2) is 25.4 Å². The van der Waals surface area contributed by atoms with Crippen LogP contribution < -0.4 is 16.4 Å². The number of nitrogens with one attached hydrogen (secondary N) is 2. The molecule has 0 aliphatic rings. The van der Waals surface area contributed by atoms with Crippen molar-refractivity contribution in [1.29, 1.82) is 0 Å². The normalized spacial score (nSPS) is 9.89. The van der Waals surface area contributed by atoms with Gasteiger partial charge >= 0.3 is 0 Å². The van der Waals surface area contributed by atoms with E-state index in [1.54, 1.807) is 25.2 Å². The topological polar surface area (TPSA) is 84.2 Å². The summed E-state index contributed by atoms with van der Waals surface area (Å²) >= 11 is 0. The van der Waals surface area contributed by atoms with Gasteiger partial charge in [0, 0.05) is 25.6 Å². The van der Waals surface area contributed by atoms with E-state index in [1.165, 1.54) is 0 Å². The lowest BCUT2D eigenvalue weighted by atomic mass is 10.1. The van der Waals surface area contributed by atoms with Gasteiger partial charge in [0.25, 0.3) is 5.91 Å². The highest BCUT2D eigenvalue weighted by molar-refractivity contribution is 5.94. The van der Waals surface area contributed by atoms with Crippen LogP contribution in [0.5, 0.6) is 0 Å². The molecule has 2 amide bonds. The van der Waals surface area contributed by atoms with Crippen LogP contribution in [0.15, 0.2) is 24.3 Å². The second-order valence-corrected chi connectivity index (χ2v) is 3.95. The number of benzene rings is 1. The van der Waals surface area contributed by atoms with E-state index < -0.39 is 0 Å². The molecular formula is C13H19N3O2. The summed E-state index contributed by atoms with van der Waals surface area (Å²) in [6.07, 6.45) is 1.12. The predicted octanol–water partition coefficient (Wildman–Crippen LogP) is 0.401. The lowest BCUT2D eigenvalue weighted by Crippen LogP contribution is -2.23. The average Bonchev–Trinajstić information content (AvgIpc) is 2.42. The fourth-order valence-electron chi connectivity index (χ4n) is 1.52. The van der Waals surface area contributed by atoms with Crippen LogP contribution in [0.4, 0.5) is 0 Å². The molecule has 0 bridgehead atoms. The zero-order valence-electron chi connectivity index (χ0n) is 10.5. The van der Waals surface area contributed by atoms with Crippen LogP contribution in [0.3, 0.4) is 0 Å². The van der Waals surface area contributed by atoms with Crippen molar-refractivity contribution >= 4 is 11.8 Å². The average molecular weight is 249 g/mol. The molecule has 5 heteroatoms. The van der Waals surface area contributed by atoms with E-state index >= 15 is 0 Å². The Balaban J connectivity index is 2.52. The van der Waals surface area contributed by atoms with Crippen LogP contribution in [-0.2, 0) is 11.3 Å². The van der Waals surface area contributed by atoms with Crippen molar-refractivity contribution in [2.75, 3.05) is 13.6 Å². The van der Waals surface area contributed by atoms with E-state index in [0.29, 0.717) is 31.5 Å². The largest absolute Gasteiger partial charge is 0.355 e. The van der Waals surface area contributed by atoms with Gasteiger partial charge in [-0.2, -0.15) is 0 Å². The third-order valence-electron chi connectivity index (χ3n) is 2.51. The summed E-state index contributed by atoms with van der Waals surface area (Å²) in [5, 5.41) is 5.35. The molecule has 4 N–H and O–H groups in total. The molecule has 1 rings (SSSR count). The van der Waals surface area contributed by atoms with Gasteiger partial charge in [0.05, 0.1) is 0 Å². The summed E-state index contributed by atoms with van der Waals surface area (Å²) in [7, 11) is 1.59. The maximum atomic E-state index is 11.4. The summed E-state index contributed by atoms with van der Waals surface area (Å²) < 4.78 is 0. The first kappa shape index (κ1) is 14.2. The van der Waals surface area contributed by atoms with Gasteiger partial charge in [-0.25, -0.2) is 0 Å². The van der Waals surface area contributed by atoms with E-state index in [4.69, 9.17) is 5.73 Å². The second kappa shape index (κ2) is 7.45. The molecule has 0 aliphatic carbocycles. The highest BCUT2D eigenvalue weighted by Crippen LogP contribution is 2.05. The summed E-state index contributed by atoms with van der Waals surface area (Å²) in [5.41, 5.74) is 6.82. The molecule has 0 saturated heterocycles. The molecule has 5 nitrogen and oxygen atoms in total. The van der Waals surface area contributed by atoms with Crippen LogP contribution in [0.25, 0.3) is 0 Å². The number of hydrogen-bond acceptors (Lipinski definition) is 3. The minimum absolute atomic E-state index is 0.0224. The zero-order valence-corrected chi connectivity index (χ0v) is 10.5. The van der Waals surface area contributed by atoms with Crippen molar-refractivity contribution in [2.24, 2.45) is 5.73 Å². The van der Waals surface area contributed by atoms with Crippen molar-refractivity contribution < 1.29 is 9.59 Å². The molecule has 0 atom stereocenters. The number of rotatable bonds is 6. The molecule has 0 heterocycles. The number of carbonyl (C=O) groups is 2. The van der Waals surface area contributed by atoms with E-state index in [1.807, 2.05) is 6.07 Å². The molecule has 0 spiro atoms. The third kappa shape index (κ3) is 4.55. The number of amides is 2. The quantitative estimate of drug-likeness (QED) is 0.682. The van der Waals surface area contributed by atoms with Gasteiger partial charge in [-0.1, -0.05) is 12.1 Å². The summed E-state index contributed by atoms with van der Waals surface area (Å²) in [6.45, 7) is 0.938. The van der Waals surface area contributed by atoms with Gasteiger partial charge in [0.15, 0.2) is 0 Å². The fraction of sp³-hybridized carbons (Fsp3) is 0.385. The Bertz CT molecular complexity index is 418. The van der Waals surface area contributed by atoms with E-state index in [0.717, 1.165) is 5.56 Å².